The molecular formula is C16H24FNO. The van der Waals surface area contributed by atoms with E-state index in [0.29, 0.717) is 12.1 Å². The minimum absolute atomic E-state index is 0.313. The second-order valence-electron chi connectivity index (χ2n) is 5.92. The zero-order valence-corrected chi connectivity index (χ0v) is 11.8. The van der Waals surface area contributed by atoms with Gasteiger partial charge in [-0.15, -0.1) is 0 Å². The number of benzene rings is 1. The lowest BCUT2D eigenvalue weighted by Crippen LogP contribution is -2.37. The molecule has 1 N–H and O–H groups in total. The molecule has 2 nitrogen and oxygen atoms in total. The molecule has 19 heavy (non-hydrogen) atoms. The molecule has 106 valence electrons. The number of rotatable bonds is 4. The van der Waals surface area contributed by atoms with Crippen LogP contribution in [-0.4, -0.2) is 29.6 Å². The van der Waals surface area contributed by atoms with E-state index in [0.717, 1.165) is 24.9 Å². The van der Waals surface area contributed by atoms with Crippen LogP contribution < -0.4 is 0 Å². The molecular weight excluding hydrogens is 241 g/mol. The summed E-state index contributed by atoms with van der Waals surface area (Å²) in [6.07, 6.45) is 1.64. The highest BCUT2D eigenvalue weighted by atomic mass is 19.1. The molecule has 1 atom stereocenters. The van der Waals surface area contributed by atoms with Crippen molar-refractivity contribution in [3.05, 3.63) is 35.6 Å². The highest BCUT2D eigenvalue weighted by Gasteiger charge is 2.23. The number of halogens is 1. The average Bonchev–Trinajstić information content (AvgIpc) is 2.39. The summed E-state index contributed by atoms with van der Waals surface area (Å²) in [4.78, 5) is 2.25. The quantitative estimate of drug-likeness (QED) is 0.903. The number of piperidine rings is 1. The van der Waals surface area contributed by atoms with Crippen LogP contribution in [0.15, 0.2) is 24.3 Å². The zero-order chi connectivity index (χ0) is 13.8. The number of aliphatic hydroxyl groups is 1. The second kappa shape index (κ2) is 6.49. The SMILES string of the molecule is CC(C)C1CCN(CC(O)c2ccccc2F)CC1. The molecule has 1 aliphatic rings. The Morgan fingerprint density at radius 2 is 1.89 bits per heavy atom. The van der Waals surface area contributed by atoms with Crippen LogP contribution in [0.5, 0.6) is 0 Å². The second-order valence-corrected chi connectivity index (χ2v) is 5.92. The van der Waals surface area contributed by atoms with E-state index in [-0.39, 0.29) is 5.82 Å². The number of nitrogens with zero attached hydrogens (tertiary/aromatic N) is 1. The molecule has 0 spiro atoms. The molecule has 0 bridgehead atoms. The van der Waals surface area contributed by atoms with Gasteiger partial charge in [-0.05, 0) is 43.8 Å². The monoisotopic (exact) mass is 265 g/mol. The van der Waals surface area contributed by atoms with Gasteiger partial charge in [-0.2, -0.15) is 0 Å². The Bertz CT molecular complexity index is 399. The maximum Gasteiger partial charge on any atom is 0.129 e. The largest absolute Gasteiger partial charge is 0.387 e. The van der Waals surface area contributed by atoms with E-state index in [2.05, 4.69) is 18.7 Å². The molecule has 1 aliphatic heterocycles. The Kier molecular flexibility index (Phi) is 4.94. The van der Waals surface area contributed by atoms with Gasteiger partial charge in [0, 0.05) is 12.1 Å². The third-order valence-electron chi connectivity index (χ3n) is 4.27. The first-order valence-corrected chi connectivity index (χ1v) is 7.22. The third kappa shape index (κ3) is 3.77. The first kappa shape index (κ1) is 14.5. The van der Waals surface area contributed by atoms with Crippen molar-refractivity contribution in [1.82, 2.24) is 4.90 Å². The summed E-state index contributed by atoms with van der Waals surface area (Å²) in [7, 11) is 0. The van der Waals surface area contributed by atoms with E-state index in [4.69, 9.17) is 0 Å². The molecule has 0 saturated carbocycles. The van der Waals surface area contributed by atoms with Gasteiger partial charge in [-0.3, -0.25) is 0 Å². The number of aliphatic hydroxyl groups excluding tert-OH is 1. The van der Waals surface area contributed by atoms with Gasteiger partial charge in [0.2, 0.25) is 0 Å². The Morgan fingerprint density at radius 1 is 1.26 bits per heavy atom. The number of hydrogen-bond acceptors (Lipinski definition) is 2. The molecule has 0 radical (unpaired) electrons. The highest BCUT2D eigenvalue weighted by molar-refractivity contribution is 5.20. The molecule has 1 aromatic carbocycles. The van der Waals surface area contributed by atoms with E-state index in [1.54, 1.807) is 18.2 Å². The molecule has 0 aromatic heterocycles. The summed E-state index contributed by atoms with van der Waals surface area (Å²) in [6, 6.07) is 6.50. The fourth-order valence-corrected chi connectivity index (χ4v) is 2.89. The fraction of sp³-hybridized carbons (Fsp3) is 0.625. The normalized spacial score (nSPS) is 19.8. The maximum absolute atomic E-state index is 13.6. The summed E-state index contributed by atoms with van der Waals surface area (Å²) in [6.45, 7) is 7.09. The number of likely N-dealkylation sites (tertiary alicyclic amines) is 1. The van der Waals surface area contributed by atoms with Crippen LogP contribution in [0.3, 0.4) is 0 Å². The molecule has 2 rings (SSSR count). The smallest absolute Gasteiger partial charge is 0.129 e. The first-order valence-electron chi connectivity index (χ1n) is 7.22. The van der Waals surface area contributed by atoms with E-state index >= 15 is 0 Å². The van der Waals surface area contributed by atoms with Crippen molar-refractivity contribution in [1.29, 1.82) is 0 Å². The van der Waals surface area contributed by atoms with Gasteiger partial charge < -0.3 is 10.0 Å². The van der Waals surface area contributed by atoms with E-state index in [9.17, 15) is 9.50 Å². The van der Waals surface area contributed by atoms with Crippen LogP contribution in [-0.2, 0) is 0 Å². The summed E-state index contributed by atoms with van der Waals surface area (Å²) < 4.78 is 13.6. The van der Waals surface area contributed by atoms with Gasteiger partial charge in [-0.25, -0.2) is 4.39 Å². The molecule has 1 fully saturated rings. The van der Waals surface area contributed by atoms with Crippen molar-refractivity contribution < 1.29 is 9.50 Å². The van der Waals surface area contributed by atoms with Crippen LogP contribution in [0.2, 0.25) is 0 Å². The van der Waals surface area contributed by atoms with Crippen LogP contribution >= 0.6 is 0 Å². The standard InChI is InChI=1S/C16H24FNO/c1-12(2)13-7-9-18(10-8-13)11-16(19)14-5-3-4-6-15(14)17/h3-6,12-13,16,19H,7-11H2,1-2H3. The lowest BCUT2D eigenvalue weighted by atomic mass is 9.86. The highest BCUT2D eigenvalue weighted by Crippen LogP contribution is 2.26. The van der Waals surface area contributed by atoms with Crippen molar-refractivity contribution in [2.24, 2.45) is 11.8 Å². The average molecular weight is 265 g/mol. The van der Waals surface area contributed by atoms with Gasteiger partial charge in [0.25, 0.3) is 0 Å². The molecule has 0 aliphatic carbocycles. The number of hydrogen-bond donors (Lipinski definition) is 1. The Hall–Kier alpha value is -0.930. The van der Waals surface area contributed by atoms with E-state index in [1.165, 1.54) is 18.9 Å². The molecule has 1 saturated heterocycles. The van der Waals surface area contributed by atoms with E-state index < -0.39 is 6.10 Å². The van der Waals surface area contributed by atoms with E-state index in [1.807, 2.05) is 0 Å². The zero-order valence-electron chi connectivity index (χ0n) is 11.8. The van der Waals surface area contributed by atoms with Gasteiger partial charge in [0.05, 0.1) is 6.10 Å². The minimum Gasteiger partial charge on any atom is -0.387 e. The lowest BCUT2D eigenvalue weighted by molar-refractivity contribution is 0.0799. The van der Waals surface area contributed by atoms with Crippen molar-refractivity contribution in [2.45, 2.75) is 32.8 Å². The van der Waals surface area contributed by atoms with Crippen molar-refractivity contribution in [3.63, 3.8) is 0 Å². The summed E-state index contributed by atoms with van der Waals surface area (Å²) >= 11 is 0. The molecule has 0 amide bonds. The minimum atomic E-state index is -0.725. The number of β-amino-alcohol motifs (C(OH)–C–C–N with tert-alkyl or cyclic N) is 1. The van der Waals surface area contributed by atoms with Crippen LogP contribution in [0.1, 0.15) is 38.4 Å². The van der Waals surface area contributed by atoms with Crippen molar-refractivity contribution in [3.8, 4) is 0 Å². The summed E-state index contributed by atoms with van der Waals surface area (Å²) in [5, 5.41) is 10.1. The summed E-state index contributed by atoms with van der Waals surface area (Å²) in [5.74, 6) is 1.22. The molecule has 1 unspecified atom stereocenters. The lowest BCUT2D eigenvalue weighted by Gasteiger charge is -2.34. The van der Waals surface area contributed by atoms with Crippen molar-refractivity contribution >= 4 is 0 Å². The third-order valence-corrected chi connectivity index (χ3v) is 4.27. The molecule has 1 aromatic rings. The van der Waals surface area contributed by atoms with Gasteiger partial charge in [0.1, 0.15) is 5.82 Å². The van der Waals surface area contributed by atoms with Gasteiger partial charge in [0.15, 0.2) is 0 Å². The van der Waals surface area contributed by atoms with Gasteiger partial charge in [-0.1, -0.05) is 32.0 Å². The maximum atomic E-state index is 13.6. The molecule has 1 heterocycles. The Labute approximate surface area is 115 Å². The Balaban J connectivity index is 1.87. The van der Waals surface area contributed by atoms with Crippen molar-refractivity contribution in [2.75, 3.05) is 19.6 Å². The first-order chi connectivity index (χ1) is 9.08. The van der Waals surface area contributed by atoms with Crippen LogP contribution in [0.4, 0.5) is 4.39 Å². The predicted molar refractivity (Wildman–Crippen MR) is 75.4 cm³/mol. The van der Waals surface area contributed by atoms with Crippen LogP contribution in [0, 0.1) is 17.7 Å². The predicted octanol–water partition coefficient (Wildman–Crippen LogP) is 3.23. The topological polar surface area (TPSA) is 23.5 Å². The van der Waals surface area contributed by atoms with Gasteiger partial charge >= 0.3 is 0 Å². The fourth-order valence-electron chi connectivity index (χ4n) is 2.89. The molecule has 3 heteroatoms. The Morgan fingerprint density at radius 3 is 2.47 bits per heavy atom. The van der Waals surface area contributed by atoms with Crippen LogP contribution in [0.25, 0.3) is 0 Å². The summed E-state index contributed by atoms with van der Waals surface area (Å²) in [5.41, 5.74) is 0.411.